The predicted octanol–water partition coefficient (Wildman–Crippen LogP) is 1.86. The highest BCUT2D eigenvalue weighted by molar-refractivity contribution is 6.04. The van der Waals surface area contributed by atoms with E-state index in [-0.39, 0.29) is 12.8 Å². The van der Waals surface area contributed by atoms with Crippen molar-refractivity contribution in [2.24, 2.45) is 0 Å². The monoisotopic (exact) mass is 354 g/mol. The van der Waals surface area contributed by atoms with Gasteiger partial charge in [-0.25, -0.2) is 0 Å². The zero-order valence-corrected chi connectivity index (χ0v) is 14.2. The van der Waals surface area contributed by atoms with E-state index in [0.29, 0.717) is 5.69 Å². The summed E-state index contributed by atoms with van der Waals surface area (Å²) in [6, 6.07) is 13.2. The number of esters is 1. The molecule has 1 saturated heterocycles. The second-order valence-electron chi connectivity index (χ2n) is 6.06. The molecule has 0 aromatic heterocycles. The van der Waals surface area contributed by atoms with Crippen LogP contribution in [0.3, 0.4) is 0 Å². The van der Waals surface area contributed by atoms with Gasteiger partial charge in [0.15, 0.2) is 6.10 Å². The van der Waals surface area contributed by atoms with Crippen molar-refractivity contribution in [2.75, 3.05) is 11.9 Å². The molecule has 3 amide bonds. The Morgan fingerprint density at radius 2 is 1.73 bits per heavy atom. The van der Waals surface area contributed by atoms with Crippen LogP contribution in [0.1, 0.15) is 19.8 Å². The number of imide groups is 1. The van der Waals surface area contributed by atoms with Gasteiger partial charge in [-0.05, 0) is 29.8 Å². The van der Waals surface area contributed by atoms with Crippen molar-refractivity contribution < 1.29 is 23.9 Å². The first-order valence-corrected chi connectivity index (χ1v) is 8.26. The molecular weight excluding hydrogens is 336 g/mol. The minimum atomic E-state index is -1.05. The number of hydrogen-bond acceptors (Lipinski definition) is 5. The minimum absolute atomic E-state index is 0.101. The quantitative estimate of drug-likeness (QED) is 0.653. The van der Waals surface area contributed by atoms with E-state index in [2.05, 4.69) is 5.32 Å². The molecule has 7 nitrogen and oxygen atoms in total. The molecular formula is C19H18N2O5. The smallest absolute Gasteiger partial charge is 0.326 e. The first-order chi connectivity index (χ1) is 12.4. The summed E-state index contributed by atoms with van der Waals surface area (Å²) in [6.07, 6.45) is -0.851. The van der Waals surface area contributed by atoms with Crippen molar-refractivity contribution in [2.45, 2.75) is 25.9 Å². The van der Waals surface area contributed by atoms with E-state index in [4.69, 9.17) is 4.74 Å². The minimum Gasteiger partial charge on any atom is -0.451 e. The molecule has 1 N–H and O–H groups in total. The highest BCUT2D eigenvalue weighted by Crippen LogP contribution is 2.19. The number of benzene rings is 2. The third-order valence-corrected chi connectivity index (χ3v) is 4.14. The molecule has 1 unspecified atom stereocenters. The fraction of sp³-hybridized carbons (Fsp3) is 0.263. The van der Waals surface area contributed by atoms with E-state index in [1.54, 1.807) is 6.07 Å². The summed E-state index contributed by atoms with van der Waals surface area (Å²) in [5.74, 6) is -2.09. The van der Waals surface area contributed by atoms with Crippen molar-refractivity contribution in [1.82, 2.24) is 4.90 Å². The zero-order chi connectivity index (χ0) is 18.7. The highest BCUT2D eigenvalue weighted by Gasteiger charge is 2.31. The van der Waals surface area contributed by atoms with Gasteiger partial charge < -0.3 is 10.1 Å². The molecule has 0 spiro atoms. The van der Waals surface area contributed by atoms with Crippen LogP contribution in [0.2, 0.25) is 0 Å². The summed E-state index contributed by atoms with van der Waals surface area (Å²) in [6.45, 7) is 0.965. The molecule has 0 bridgehead atoms. The Morgan fingerprint density at radius 1 is 1.08 bits per heavy atom. The Morgan fingerprint density at radius 3 is 2.42 bits per heavy atom. The van der Waals surface area contributed by atoms with Crippen LogP contribution in [0, 0.1) is 0 Å². The van der Waals surface area contributed by atoms with Gasteiger partial charge in [0.1, 0.15) is 6.54 Å². The molecule has 1 atom stereocenters. The van der Waals surface area contributed by atoms with Crippen molar-refractivity contribution in [3.63, 3.8) is 0 Å². The number of hydrogen-bond donors (Lipinski definition) is 1. The average Bonchev–Trinajstić information content (AvgIpc) is 2.93. The maximum absolute atomic E-state index is 12.2. The van der Waals surface area contributed by atoms with Gasteiger partial charge in [-0.1, -0.05) is 30.3 Å². The second kappa shape index (κ2) is 7.35. The maximum Gasteiger partial charge on any atom is 0.326 e. The molecule has 0 radical (unpaired) electrons. The van der Waals surface area contributed by atoms with Crippen LogP contribution in [-0.2, 0) is 23.9 Å². The first-order valence-electron chi connectivity index (χ1n) is 8.26. The number of carbonyl (C=O) groups is 4. The van der Waals surface area contributed by atoms with Crippen molar-refractivity contribution in [3.8, 4) is 0 Å². The van der Waals surface area contributed by atoms with Crippen molar-refractivity contribution in [3.05, 3.63) is 42.5 Å². The fourth-order valence-electron chi connectivity index (χ4n) is 2.73. The number of amides is 3. The third-order valence-electron chi connectivity index (χ3n) is 4.14. The Hall–Kier alpha value is -3.22. The number of anilines is 1. The summed E-state index contributed by atoms with van der Waals surface area (Å²) in [5.41, 5.74) is 0.585. The Balaban J connectivity index is 1.57. The molecule has 1 heterocycles. The molecule has 1 fully saturated rings. The molecule has 3 rings (SSSR count). The summed E-state index contributed by atoms with van der Waals surface area (Å²) in [5, 5.41) is 4.71. The normalized spacial score (nSPS) is 15.2. The van der Waals surface area contributed by atoms with E-state index in [1.165, 1.54) is 6.92 Å². The van der Waals surface area contributed by atoms with Gasteiger partial charge in [-0.15, -0.1) is 0 Å². The van der Waals surface area contributed by atoms with E-state index in [0.717, 1.165) is 15.7 Å². The summed E-state index contributed by atoms with van der Waals surface area (Å²) in [7, 11) is 0. The van der Waals surface area contributed by atoms with Crippen LogP contribution in [-0.4, -0.2) is 41.2 Å². The second-order valence-corrected chi connectivity index (χ2v) is 6.06. The lowest BCUT2D eigenvalue weighted by Crippen LogP contribution is -2.38. The Labute approximate surface area is 149 Å². The lowest BCUT2D eigenvalue weighted by molar-refractivity contribution is -0.158. The number of rotatable bonds is 5. The van der Waals surface area contributed by atoms with Gasteiger partial charge in [-0.2, -0.15) is 0 Å². The van der Waals surface area contributed by atoms with Crippen LogP contribution >= 0.6 is 0 Å². The van der Waals surface area contributed by atoms with Crippen LogP contribution < -0.4 is 5.32 Å². The number of nitrogens with one attached hydrogen (secondary N) is 1. The van der Waals surface area contributed by atoms with E-state index in [9.17, 15) is 19.2 Å². The molecule has 7 heteroatoms. The predicted molar refractivity (Wildman–Crippen MR) is 94.1 cm³/mol. The fourth-order valence-corrected chi connectivity index (χ4v) is 2.73. The lowest BCUT2D eigenvalue weighted by Gasteiger charge is -2.16. The van der Waals surface area contributed by atoms with Gasteiger partial charge in [0.25, 0.3) is 5.91 Å². The number of ether oxygens (including phenoxy) is 1. The number of nitrogens with zero attached hydrogens (tertiary/aromatic N) is 1. The van der Waals surface area contributed by atoms with Crippen molar-refractivity contribution in [1.29, 1.82) is 0 Å². The number of carbonyl (C=O) groups excluding carboxylic acids is 4. The lowest BCUT2D eigenvalue weighted by atomic mass is 10.1. The molecule has 2 aromatic rings. The van der Waals surface area contributed by atoms with Crippen LogP contribution in [0.25, 0.3) is 10.8 Å². The van der Waals surface area contributed by atoms with Crippen LogP contribution in [0.5, 0.6) is 0 Å². The molecule has 26 heavy (non-hydrogen) atoms. The third kappa shape index (κ3) is 3.88. The van der Waals surface area contributed by atoms with Crippen LogP contribution in [0.15, 0.2) is 42.5 Å². The highest BCUT2D eigenvalue weighted by atomic mass is 16.5. The number of likely N-dealkylation sites (tertiary alicyclic amines) is 1. The van der Waals surface area contributed by atoms with E-state index >= 15 is 0 Å². The van der Waals surface area contributed by atoms with E-state index < -0.39 is 36.3 Å². The summed E-state index contributed by atoms with van der Waals surface area (Å²) in [4.78, 5) is 48.0. The molecule has 1 aliphatic rings. The zero-order valence-electron chi connectivity index (χ0n) is 14.2. The molecule has 0 aliphatic carbocycles. The van der Waals surface area contributed by atoms with Gasteiger partial charge >= 0.3 is 5.97 Å². The van der Waals surface area contributed by atoms with Crippen LogP contribution in [0.4, 0.5) is 5.69 Å². The van der Waals surface area contributed by atoms with Gasteiger partial charge in [0.2, 0.25) is 11.8 Å². The van der Waals surface area contributed by atoms with Gasteiger partial charge in [-0.3, -0.25) is 24.1 Å². The molecule has 2 aromatic carbocycles. The van der Waals surface area contributed by atoms with Gasteiger partial charge in [0, 0.05) is 18.5 Å². The number of fused-ring (bicyclic) bond motifs is 1. The maximum atomic E-state index is 12.2. The standard InChI is InChI=1S/C19H18N2O5/c1-12(26-18(24)11-21-16(22)8-9-17(21)23)19(25)20-15-7-6-13-4-2-3-5-14(13)10-15/h2-7,10,12H,8-9,11H2,1H3,(H,20,25). The average molecular weight is 354 g/mol. The topological polar surface area (TPSA) is 92.8 Å². The SMILES string of the molecule is CC(OC(=O)CN1C(=O)CCC1=O)C(=O)Nc1ccc2ccccc2c1. The summed E-state index contributed by atoms with van der Waals surface area (Å²) < 4.78 is 5.03. The molecule has 134 valence electrons. The largest absolute Gasteiger partial charge is 0.451 e. The first kappa shape index (κ1) is 17.6. The van der Waals surface area contributed by atoms with Gasteiger partial charge in [0.05, 0.1) is 0 Å². The molecule has 1 aliphatic heterocycles. The van der Waals surface area contributed by atoms with Crippen molar-refractivity contribution >= 4 is 40.2 Å². The molecule has 0 saturated carbocycles. The summed E-state index contributed by atoms with van der Waals surface area (Å²) >= 11 is 0. The Bertz CT molecular complexity index is 876. The van der Waals surface area contributed by atoms with E-state index in [1.807, 2.05) is 36.4 Å². The Kier molecular flexibility index (Phi) is 4.97.